The number of hydrogen-bond donors (Lipinski definition) is 0. The first-order chi connectivity index (χ1) is 6.68. The molecule has 0 amide bonds. The Balaban J connectivity index is 2.37. The number of carbonyl (C=O) groups excluding carboxylic acids is 1. The van der Waals surface area contributed by atoms with E-state index in [0.29, 0.717) is 5.56 Å². The summed E-state index contributed by atoms with van der Waals surface area (Å²) >= 11 is 4.84. The Labute approximate surface area is 93.7 Å². The van der Waals surface area contributed by atoms with Gasteiger partial charge in [0.1, 0.15) is 6.26 Å². The van der Waals surface area contributed by atoms with Crippen molar-refractivity contribution in [3.63, 3.8) is 0 Å². The quantitative estimate of drug-likeness (QED) is 0.780. The van der Waals surface area contributed by atoms with Crippen molar-refractivity contribution in [3.05, 3.63) is 44.4 Å². The lowest BCUT2D eigenvalue weighted by Crippen LogP contribution is -1.95. The summed E-state index contributed by atoms with van der Waals surface area (Å²) in [4.78, 5) is 12.5. The standard InChI is InChI=1S/C10H7BrO2S/c1-6-4-8(14-10(6)11)9(12)7-2-3-13-5-7/h2-5H,1H3. The van der Waals surface area contributed by atoms with Crippen molar-refractivity contribution in [2.24, 2.45) is 0 Å². The number of hydrogen-bond acceptors (Lipinski definition) is 3. The lowest BCUT2D eigenvalue weighted by Gasteiger charge is -1.89. The summed E-state index contributed by atoms with van der Waals surface area (Å²) in [5.74, 6) is 0.0116. The van der Waals surface area contributed by atoms with Crippen LogP contribution in [0.4, 0.5) is 0 Å². The Morgan fingerprint density at radius 2 is 2.36 bits per heavy atom. The van der Waals surface area contributed by atoms with E-state index in [0.717, 1.165) is 14.2 Å². The van der Waals surface area contributed by atoms with Crippen LogP contribution in [-0.4, -0.2) is 5.78 Å². The van der Waals surface area contributed by atoms with Crippen LogP contribution in [0.2, 0.25) is 0 Å². The highest BCUT2D eigenvalue weighted by Gasteiger charge is 2.13. The monoisotopic (exact) mass is 270 g/mol. The summed E-state index contributed by atoms with van der Waals surface area (Å²) in [5, 5.41) is 0. The molecule has 2 nitrogen and oxygen atoms in total. The second-order valence-electron chi connectivity index (χ2n) is 2.91. The van der Waals surface area contributed by atoms with Gasteiger partial charge in [0, 0.05) is 0 Å². The van der Waals surface area contributed by atoms with Crippen molar-refractivity contribution in [3.8, 4) is 0 Å². The van der Waals surface area contributed by atoms with Gasteiger partial charge in [0.2, 0.25) is 5.78 Å². The first-order valence-electron chi connectivity index (χ1n) is 4.01. The van der Waals surface area contributed by atoms with Gasteiger partial charge in [0.05, 0.1) is 20.5 Å². The highest BCUT2D eigenvalue weighted by molar-refractivity contribution is 9.11. The predicted molar refractivity (Wildman–Crippen MR) is 58.9 cm³/mol. The zero-order valence-corrected chi connectivity index (χ0v) is 9.81. The van der Waals surface area contributed by atoms with E-state index in [2.05, 4.69) is 15.9 Å². The number of thiophene rings is 1. The van der Waals surface area contributed by atoms with E-state index in [1.54, 1.807) is 6.07 Å². The highest BCUT2D eigenvalue weighted by Crippen LogP contribution is 2.28. The average molecular weight is 271 g/mol. The van der Waals surface area contributed by atoms with Gasteiger partial charge in [-0.2, -0.15) is 0 Å². The highest BCUT2D eigenvalue weighted by atomic mass is 79.9. The Bertz CT molecular complexity index is 437. The third kappa shape index (κ3) is 1.67. The molecule has 0 bridgehead atoms. The summed E-state index contributed by atoms with van der Waals surface area (Å²) in [6.45, 7) is 1.97. The Morgan fingerprint density at radius 3 is 2.86 bits per heavy atom. The van der Waals surface area contributed by atoms with Gasteiger partial charge in [-0.1, -0.05) is 0 Å². The van der Waals surface area contributed by atoms with Crippen LogP contribution in [-0.2, 0) is 0 Å². The minimum absolute atomic E-state index is 0.0116. The zero-order valence-electron chi connectivity index (χ0n) is 7.41. The number of halogens is 1. The molecule has 2 aromatic heterocycles. The van der Waals surface area contributed by atoms with Gasteiger partial charge in [0.15, 0.2) is 0 Å². The van der Waals surface area contributed by atoms with Crippen LogP contribution in [0.1, 0.15) is 20.8 Å². The molecule has 0 unspecified atom stereocenters. The molecule has 0 radical (unpaired) electrons. The summed E-state index contributed by atoms with van der Waals surface area (Å²) in [6.07, 6.45) is 2.97. The smallest absolute Gasteiger partial charge is 0.206 e. The van der Waals surface area contributed by atoms with Gasteiger partial charge in [-0.3, -0.25) is 4.79 Å². The van der Waals surface area contributed by atoms with E-state index in [1.165, 1.54) is 23.9 Å². The zero-order chi connectivity index (χ0) is 10.1. The van der Waals surface area contributed by atoms with E-state index >= 15 is 0 Å². The average Bonchev–Trinajstić information content (AvgIpc) is 2.76. The fraction of sp³-hybridized carbons (Fsp3) is 0.100. The molecule has 4 heteroatoms. The second kappa shape index (κ2) is 3.71. The molecule has 72 valence electrons. The molecule has 0 saturated carbocycles. The normalized spacial score (nSPS) is 10.4. The van der Waals surface area contributed by atoms with Crippen molar-refractivity contribution in [2.45, 2.75) is 6.92 Å². The number of rotatable bonds is 2. The van der Waals surface area contributed by atoms with Crippen LogP contribution >= 0.6 is 27.3 Å². The molecule has 0 spiro atoms. The molecule has 0 aliphatic carbocycles. The van der Waals surface area contributed by atoms with Gasteiger partial charge < -0.3 is 4.42 Å². The maximum absolute atomic E-state index is 11.8. The number of aryl methyl sites for hydroxylation is 1. The van der Waals surface area contributed by atoms with Crippen molar-refractivity contribution < 1.29 is 9.21 Å². The SMILES string of the molecule is Cc1cc(C(=O)c2ccoc2)sc1Br. The molecule has 2 aromatic rings. The Kier molecular flexibility index (Phi) is 2.56. The van der Waals surface area contributed by atoms with Crippen molar-refractivity contribution >= 4 is 33.0 Å². The largest absolute Gasteiger partial charge is 0.472 e. The van der Waals surface area contributed by atoms with Crippen molar-refractivity contribution in [1.82, 2.24) is 0 Å². The summed E-state index contributed by atoms with van der Waals surface area (Å²) in [6, 6.07) is 3.55. The molecule has 0 N–H and O–H groups in total. The molecule has 2 heterocycles. The minimum atomic E-state index is 0.0116. The molecule has 0 aliphatic rings. The van der Waals surface area contributed by atoms with E-state index in [4.69, 9.17) is 4.42 Å². The van der Waals surface area contributed by atoms with Crippen LogP contribution in [0.5, 0.6) is 0 Å². The van der Waals surface area contributed by atoms with Gasteiger partial charge >= 0.3 is 0 Å². The van der Waals surface area contributed by atoms with E-state index in [-0.39, 0.29) is 5.78 Å². The van der Waals surface area contributed by atoms with Gasteiger partial charge in [-0.15, -0.1) is 11.3 Å². The molecule has 2 rings (SSSR count). The maximum Gasteiger partial charge on any atom is 0.206 e. The number of ketones is 1. The van der Waals surface area contributed by atoms with Crippen molar-refractivity contribution in [1.29, 1.82) is 0 Å². The molecule has 14 heavy (non-hydrogen) atoms. The number of carbonyl (C=O) groups is 1. The Morgan fingerprint density at radius 1 is 1.57 bits per heavy atom. The Hall–Kier alpha value is -0.870. The number of furan rings is 1. The first kappa shape index (κ1) is 9.68. The molecule has 0 saturated heterocycles. The topological polar surface area (TPSA) is 30.2 Å². The summed E-state index contributed by atoms with van der Waals surface area (Å²) < 4.78 is 5.87. The lowest BCUT2D eigenvalue weighted by atomic mass is 10.2. The van der Waals surface area contributed by atoms with Crippen LogP contribution in [0, 0.1) is 6.92 Å². The molecule has 0 aromatic carbocycles. The van der Waals surface area contributed by atoms with Crippen LogP contribution in [0.15, 0.2) is 32.9 Å². The van der Waals surface area contributed by atoms with Gasteiger partial charge in [-0.05, 0) is 40.5 Å². The maximum atomic E-state index is 11.8. The summed E-state index contributed by atoms with van der Waals surface area (Å²) in [7, 11) is 0. The fourth-order valence-corrected chi connectivity index (χ4v) is 2.60. The van der Waals surface area contributed by atoms with E-state index < -0.39 is 0 Å². The van der Waals surface area contributed by atoms with E-state index in [9.17, 15) is 4.79 Å². The van der Waals surface area contributed by atoms with Crippen LogP contribution in [0.3, 0.4) is 0 Å². The van der Waals surface area contributed by atoms with Crippen LogP contribution in [0.25, 0.3) is 0 Å². The van der Waals surface area contributed by atoms with Gasteiger partial charge in [-0.25, -0.2) is 0 Å². The van der Waals surface area contributed by atoms with Crippen molar-refractivity contribution in [2.75, 3.05) is 0 Å². The van der Waals surface area contributed by atoms with E-state index in [1.807, 2.05) is 13.0 Å². The van der Waals surface area contributed by atoms with Crippen LogP contribution < -0.4 is 0 Å². The molecular weight excluding hydrogens is 264 g/mol. The molecular formula is C10H7BrO2S. The van der Waals surface area contributed by atoms with Gasteiger partial charge in [0.25, 0.3) is 0 Å². The molecule has 0 atom stereocenters. The minimum Gasteiger partial charge on any atom is -0.472 e. The molecule has 0 fully saturated rings. The lowest BCUT2D eigenvalue weighted by molar-refractivity contribution is 0.104. The molecule has 0 aliphatic heterocycles. The summed E-state index contributed by atoms with van der Waals surface area (Å²) in [5.41, 5.74) is 1.68. The third-order valence-electron chi connectivity index (χ3n) is 1.86. The third-order valence-corrected chi connectivity index (χ3v) is 4.00. The second-order valence-corrected chi connectivity index (χ2v) is 5.28. The predicted octanol–water partition coefficient (Wildman–Crippen LogP) is 3.64. The fourth-order valence-electron chi connectivity index (χ4n) is 1.11. The first-order valence-corrected chi connectivity index (χ1v) is 5.62.